The van der Waals surface area contributed by atoms with Crippen LogP contribution in [0.15, 0.2) is 42.7 Å². The van der Waals surface area contributed by atoms with Crippen molar-refractivity contribution >= 4 is 44.2 Å². The summed E-state index contributed by atoms with van der Waals surface area (Å²) >= 11 is 7.84. The van der Waals surface area contributed by atoms with E-state index in [1.807, 2.05) is 18.2 Å². The van der Waals surface area contributed by atoms with Crippen LogP contribution in [0.4, 0.5) is 5.69 Å². The average Bonchev–Trinajstić information content (AvgIpc) is 3.54. The molecule has 0 amide bonds. The standard InChI is InChI=1S/C30H31ClN4O3S2/c1-40(37,38)23-16-35(17-23)22-8-6-19(7-9-22)28-27(34-29(39-28)20-12-21(31)15-33-14-20)25-5-3-2-4-24(25)26(36)13-30(18-32)10-11-30/h6-9,12,14-15,23-25H,2-5,10-11,13,16-17H2,1H3/t24-,25-/m1/s1. The lowest BCUT2D eigenvalue weighted by molar-refractivity contribution is -0.125. The predicted molar refractivity (Wildman–Crippen MR) is 158 cm³/mol. The Morgan fingerprint density at radius 1 is 1.15 bits per heavy atom. The average molecular weight is 595 g/mol. The van der Waals surface area contributed by atoms with Gasteiger partial charge in [-0.3, -0.25) is 9.78 Å². The predicted octanol–water partition coefficient (Wildman–Crippen LogP) is 6.30. The Hall–Kier alpha value is -2.80. The third-order valence-electron chi connectivity index (χ3n) is 8.69. The Morgan fingerprint density at radius 2 is 1.88 bits per heavy atom. The number of hydrogen-bond acceptors (Lipinski definition) is 8. The number of nitrogens with zero attached hydrogens (tertiary/aromatic N) is 4. The maximum absolute atomic E-state index is 13.6. The third-order valence-corrected chi connectivity index (χ3v) is 11.6. The largest absolute Gasteiger partial charge is 0.369 e. The second-order valence-electron chi connectivity index (χ2n) is 11.6. The molecule has 3 fully saturated rings. The molecule has 0 spiro atoms. The molecule has 6 rings (SSSR count). The van der Waals surface area contributed by atoms with Crippen molar-refractivity contribution in [2.45, 2.75) is 56.1 Å². The van der Waals surface area contributed by atoms with Crippen molar-refractivity contribution < 1.29 is 13.2 Å². The molecule has 0 unspecified atom stereocenters. The highest BCUT2D eigenvalue weighted by Crippen LogP contribution is 2.51. The van der Waals surface area contributed by atoms with Crippen LogP contribution in [0.5, 0.6) is 0 Å². The van der Waals surface area contributed by atoms with Crippen molar-refractivity contribution in [2.75, 3.05) is 24.2 Å². The molecule has 2 aliphatic carbocycles. The fourth-order valence-corrected chi connectivity index (χ4v) is 8.17. The second kappa shape index (κ2) is 10.6. The Kier molecular flexibility index (Phi) is 7.22. The van der Waals surface area contributed by atoms with E-state index in [9.17, 15) is 18.5 Å². The number of hydrogen-bond donors (Lipinski definition) is 0. The molecule has 3 aliphatic rings. The Bertz CT molecular complexity index is 1590. The van der Waals surface area contributed by atoms with E-state index in [0.717, 1.165) is 70.9 Å². The van der Waals surface area contributed by atoms with Crippen molar-refractivity contribution in [3.63, 3.8) is 0 Å². The van der Waals surface area contributed by atoms with Gasteiger partial charge >= 0.3 is 0 Å². The zero-order valence-corrected chi connectivity index (χ0v) is 24.7. The van der Waals surface area contributed by atoms with Gasteiger partial charge in [-0.05, 0) is 49.4 Å². The Balaban J connectivity index is 1.34. The molecule has 2 aromatic heterocycles. The van der Waals surface area contributed by atoms with Crippen molar-refractivity contribution in [3.05, 3.63) is 53.4 Å². The first-order chi connectivity index (χ1) is 19.2. The zero-order valence-electron chi connectivity index (χ0n) is 22.3. The summed E-state index contributed by atoms with van der Waals surface area (Å²) in [5.41, 5.74) is 3.34. The van der Waals surface area contributed by atoms with Gasteiger partial charge in [-0.1, -0.05) is 36.6 Å². The van der Waals surface area contributed by atoms with E-state index in [0.29, 0.717) is 24.5 Å². The van der Waals surface area contributed by atoms with Crippen molar-refractivity contribution in [2.24, 2.45) is 11.3 Å². The smallest absolute Gasteiger partial charge is 0.153 e. The van der Waals surface area contributed by atoms with Gasteiger partial charge in [0.2, 0.25) is 0 Å². The van der Waals surface area contributed by atoms with Crippen LogP contribution in [0, 0.1) is 22.7 Å². The summed E-state index contributed by atoms with van der Waals surface area (Å²) in [5.74, 6) is 0.0507. The Labute approximate surface area is 244 Å². The summed E-state index contributed by atoms with van der Waals surface area (Å²) < 4.78 is 23.7. The van der Waals surface area contributed by atoms with Gasteiger partial charge in [0.25, 0.3) is 0 Å². The van der Waals surface area contributed by atoms with Crippen LogP contribution in [0.25, 0.3) is 21.0 Å². The molecule has 10 heteroatoms. The van der Waals surface area contributed by atoms with Crippen LogP contribution < -0.4 is 4.90 Å². The first-order valence-electron chi connectivity index (χ1n) is 13.8. The Morgan fingerprint density at radius 3 is 2.52 bits per heavy atom. The topological polar surface area (TPSA) is 104 Å². The number of pyridine rings is 1. The summed E-state index contributed by atoms with van der Waals surface area (Å²) in [5, 5.41) is 10.6. The van der Waals surface area contributed by atoms with Gasteiger partial charge < -0.3 is 4.90 Å². The highest BCUT2D eigenvalue weighted by molar-refractivity contribution is 7.91. The summed E-state index contributed by atoms with van der Waals surface area (Å²) in [6.45, 7) is 1.01. The lowest BCUT2D eigenvalue weighted by Crippen LogP contribution is -2.54. The van der Waals surface area contributed by atoms with Crippen LogP contribution in [-0.4, -0.2) is 48.8 Å². The highest BCUT2D eigenvalue weighted by atomic mass is 35.5. The molecule has 1 saturated heterocycles. The zero-order chi connectivity index (χ0) is 28.1. The maximum Gasteiger partial charge on any atom is 0.153 e. The van der Waals surface area contributed by atoms with E-state index in [4.69, 9.17) is 16.6 Å². The van der Waals surface area contributed by atoms with Gasteiger partial charge in [0.05, 0.1) is 32.3 Å². The number of rotatable bonds is 8. The molecule has 0 N–H and O–H groups in total. The number of ketones is 1. The summed E-state index contributed by atoms with van der Waals surface area (Å²) in [6, 6.07) is 12.4. The third kappa shape index (κ3) is 5.41. The SMILES string of the molecule is CS(=O)(=O)C1CN(c2ccc(-c3sc(-c4cncc(Cl)c4)nc3[C@@H]3CCCC[C@H]3C(=O)CC3(C#N)CC3)cc2)C1. The first-order valence-corrected chi connectivity index (χ1v) is 16.9. The van der Waals surface area contributed by atoms with Crippen LogP contribution in [0.1, 0.15) is 56.6 Å². The summed E-state index contributed by atoms with van der Waals surface area (Å²) in [7, 11) is -3.03. The minimum atomic E-state index is -3.03. The van der Waals surface area contributed by atoms with E-state index in [1.54, 1.807) is 23.7 Å². The molecular formula is C30H31ClN4O3S2. The monoisotopic (exact) mass is 594 g/mol. The highest BCUT2D eigenvalue weighted by Gasteiger charge is 2.47. The molecule has 2 saturated carbocycles. The number of benzene rings is 1. The van der Waals surface area contributed by atoms with E-state index in [2.05, 4.69) is 28.1 Å². The fraction of sp³-hybridized carbons (Fsp3) is 0.467. The summed E-state index contributed by atoms with van der Waals surface area (Å²) in [6.07, 6.45) is 10.4. The number of carbonyl (C=O) groups is 1. The minimum Gasteiger partial charge on any atom is -0.369 e. The molecule has 1 aliphatic heterocycles. The van der Waals surface area contributed by atoms with E-state index >= 15 is 0 Å². The lowest BCUT2D eigenvalue weighted by Gasteiger charge is -2.39. The molecule has 3 aromatic rings. The van der Waals surface area contributed by atoms with Crippen molar-refractivity contribution in [1.82, 2.24) is 9.97 Å². The van der Waals surface area contributed by atoms with Crippen LogP contribution >= 0.6 is 22.9 Å². The second-order valence-corrected chi connectivity index (χ2v) is 15.3. The van der Waals surface area contributed by atoms with Gasteiger partial charge in [0.1, 0.15) is 10.8 Å². The van der Waals surface area contributed by atoms with Gasteiger partial charge in [-0.25, -0.2) is 13.4 Å². The molecule has 2 atom stereocenters. The van der Waals surface area contributed by atoms with E-state index < -0.39 is 15.3 Å². The first kappa shape index (κ1) is 27.4. The van der Waals surface area contributed by atoms with Crippen LogP contribution in [0.3, 0.4) is 0 Å². The number of aromatic nitrogens is 2. The number of nitriles is 1. The number of halogens is 1. The molecular weight excluding hydrogens is 564 g/mol. The lowest BCUT2D eigenvalue weighted by atomic mass is 9.73. The number of thiazole rings is 1. The van der Waals surface area contributed by atoms with Crippen molar-refractivity contribution in [1.29, 1.82) is 5.26 Å². The molecule has 3 heterocycles. The number of anilines is 1. The van der Waals surface area contributed by atoms with Gasteiger partial charge in [-0.2, -0.15) is 5.26 Å². The minimum absolute atomic E-state index is 0.00605. The van der Waals surface area contributed by atoms with Gasteiger partial charge in [-0.15, -0.1) is 11.3 Å². The molecule has 40 heavy (non-hydrogen) atoms. The maximum atomic E-state index is 13.6. The molecule has 0 radical (unpaired) electrons. The normalized spacial score (nSPS) is 22.4. The summed E-state index contributed by atoms with van der Waals surface area (Å²) in [4.78, 5) is 26.1. The van der Waals surface area contributed by atoms with Crippen molar-refractivity contribution in [3.8, 4) is 27.1 Å². The van der Waals surface area contributed by atoms with Gasteiger partial charge in [0, 0.05) is 61.2 Å². The van der Waals surface area contributed by atoms with Crippen LogP contribution in [0.2, 0.25) is 5.02 Å². The quantitative estimate of drug-likeness (QED) is 0.301. The molecule has 1 aromatic carbocycles. The molecule has 208 valence electrons. The van der Waals surface area contributed by atoms with E-state index in [-0.39, 0.29) is 22.9 Å². The number of sulfone groups is 1. The number of carbonyl (C=O) groups excluding carboxylic acids is 1. The molecule has 7 nitrogen and oxygen atoms in total. The number of Topliss-reactive ketones (excluding diaryl/α,β-unsaturated/α-hetero) is 1. The fourth-order valence-electron chi connectivity index (χ4n) is 5.97. The van der Waals surface area contributed by atoms with Gasteiger partial charge in [0.15, 0.2) is 9.84 Å². The van der Waals surface area contributed by atoms with E-state index in [1.165, 1.54) is 6.26 Å². The van der Waals surface area contributed by atoms with Crippen LogP contribution in [-0.2, 0) is 14.6 Å². The molecule has 0 bridgehead atoms.